The molecule has 1 unspecified atom stereocenters. The van der Waals surface area contributed by atoms with Gasteiger partial charge in [0.1, 0.15) is 0 Å². The van der Waals surface area contributed by atoms with E-state index in [9.17, 15) is 0 Å². The largest absolute Gasteiger partial charge is 0.323 e. The monoisotopic (exact) mass is 182 g/mol. The van der Waals surface area contributed by atoms with Crippen LogP contribution in [0.25, 0.3) is 0 Å². The third kappa shape index (κ3) is 1.39. The van der Waals surface area contributed by atoms with Gasteiger partial charge in [0.15, 0.2) is 0 Å². The van der Waals surface area contributed by atoms with E-state index in [1.165, 1.54) is 23.4 Å². The van der Waals surface area contributed by atoms with Gasteiger partial charge in [-0.1, -0.05) is 0 Å². The summed E-state index contributed by atoms with van der Waals surface area (Å²) in [5.41, 5.74) is 7.15. The van der Waals surface area contributed by atoms with Crippen molar-refractivity contribution in [2.45, 2.75) is 38.6 Å². The summed E-state index contributed by atoms with van der Waals surface area (Å²) in [6.07, 6.45) is 2.62. The zero-order valence-electron chi connectivity index (χ0n) is 7.50. The molecule has 12 heavy (non-hydrogen) atoms. The zero-order valence-corrected chi connectivity index (χ0v) is 8.32. The molecule has 1 aromatic heterocycles. The lowest BCUT2D eigenvalue weighted by Crippen LogP contribution is -2.05. The van der Waals surface area contributed by atoms with Gasteiger partial charge in [0.05, 0.1) is 10.7 Å². The van der Waals surface area contributed by atoms with E-state index in [1.807, 2.05) is 6.92 Å². The van der Waals surface area contributed by atoms with Crippen LogP contribution in [0.5, 0.6) is 0 Å². The Balaban J connectivity index is 2.36. The molecule has 1 saturated carbocycles. The Kier molecular flexibility index (Phi) is 1.93. The van der Waals surface area contributed by atoms with Crippen LogP contribution in [0.3, 0.4) is 0 Å². The smallest absolute Gasteiger partial charge is 0.0900 e. The summed E-state index contributed by atoms with van der Waals surface area (Å²) in [6.45, 7) is 4.10. The van der Waals surface area contributed by atoms with Crippen molar-refractivity contribution in [2.24, 2.45) is 5.73 Å². The van der Waals surface area contributed by atoms with Crippen LogP contribution in [0.4, 0.5) is 0 Å². The van der Waals surface area contributed by atoms with Gasteiger partial charge >= 0.3 is 0 Å². The lowest BCUT2D eigenvalue weighted by Gasteiger charge is -2.02. The molecule has 2 N–H and O–H groups in total. The molecule has 2 nitrogen and oxygen atoms in total. The van der Waals surface area contributed by atoms with E-state index in [0.717, 1.165) is 10.9 Å². The van der Waals surface area contributed by atoms with Gasteiger partial charge in [0.25, 0.3) is 0 Å². The standard InChI is InChI=1S/C9H14N2S/c1-5(10)9-8(7-3-4-7)11-6(2)12-9/h5,7H,3-4,10H2,1-2H3. The zero-order chi connectivity index (χ0) is 8.72. The van der Waals surface area contributed by atoms with E-state index in [-0.39, 0.29) is 6.04 Å². The number of rotatable bonds is 2. The highest BCUT2D eigenvalue weighted by molar-refractivity contribution is 7.11. The van der Waals surface area contributed by atoms with Gasteiger partial charge < -0.3 is 5.73 Å². The Labute approximate surface area is 76.8 Å². The topological polar surface area (TPSA) is 38.9 Å². The number of nitrogens with zero attached hydrogens (tertiary/aromatic N) is 1. The van der Waals surface area contributed by atoms with Crippen LogP contribution in [0.1, 0.15) is 47.3 Å². The molecule has 1 fully saturated rings. The normalized spacial score (nSPS) is 19.6. The maximum Gasteiger partial charge on any atom is 0.0900 e. The van der Waals surface area contributed by atoms with Crippen molar-refractivity contribution in [3.63, 3.8) is 0 Å². The molecule has 1 heterocycles. The Morgan fingerprint density at radius 2 is 2.25 bits per heavy atom. The Morgan fingerprint density at radius 1 is 1.58 bits per heavy atom. The Bertz CT molecular complexity index is 267. The van der Waals surface area contributed by atoms with E-state index in [2.05, 4.69) is 11.9 Å². The number of aromatic nitrogens is 1. The fraction of sp³-hybridized carbons (Fsp3) is 0.667. The third-order valence-corrected chi connectivity index (χ3v) is 3.35. The number of thiazole rings is 1. The van der Waals surface area contributed by atoms with Crippen LogP contribution >= 0.6 is 11.3 Å². The second-order valence-electron chi connectivity index (χ2n) is 3.55. The van der Waals surface area contributed by atoms with Crippen LogP contribution in [-0.2, 0) is 0 Å². The first kappa shape index (κ1) is 8.20. The average molecular weight is 182 g/mol. The minimum Gasteiger partial charge on any atom is -0.323 e. The molecule has 0 bridgehead atoms. The predicted octanol–water partition coefficient (Wildman–Crippen LogP) is 2.35. The fourth-order valence-corrected chi connectivity index (χ4v) is 2.40. The molecule has 0 spiro atoms. The summed E-state index contributed by atoms with van der Waals surface area (Å²) in [4.78, 5) is 5.83. The molecule has 3 heteroatoms. The van der Waals surface area contributed by atoms with Crippen molar-refractivity contribution in [2.75, 3.05) is 0 Å². The van der Waals surface area contributed by atoms with Crippen molar-refractivity contribution in [1.29, 1.82) is 0 Å². The van der Waals surface area contributed by atoms with E-state index < -0.39 is 0 Å². The first-order valence-corrected chi connectivity index (χ1v) is 5.23. The van der Waals surface area contributed by atoms with Crippen molar-refractivity contribution >= 4 is 11.3 Å². The molecule has 66 valence electrons. The van der Waals surface area contributed by atoms with Crippen LogP contribution in [0.2, 0.25) is 0 Å². The van der Waals surface area contributed by atoms with Crippen molar-refractivity contribution in [3.8, 4) is 0 Å². The molecule has 1 aliphatic carbocycles. The van der Waals surface area contributed by atoms with E-state index >= 15 is 0 Å². The number of aryl methyl sites for hydroxylation is 1. The molecule has 2 rings (SSSR count). The Hall–Kier alpha value is -0.410. The molecule has 1 aliphatic rings. The van der Waals surface area contributed by atoms with Gasteiger partial charge in [-0.25, -0.2) is 4.98 Å². The summed E-state index contributed by atoms with van der Waals surface area (Å²) in [7, 11) is 0. The summed E-state index contributed by atoms with van der Waals surface area (Å²) >= 11 is 1.75. The molecular formula is C9H14N2S. The molecular weight excluding hydrogens is 168 g/mol. The summed E-state index contributed by atoms with van der Waals surface area (Å²) in [5.74, 6) is 0.732. The van der Waals surface area contributed by atoms with Gasteiger partial charge in [-0.2, -0.15) is 0 Å². The van der Waals surface area contributed by atoms with Crippen LogP contribution in [-0.4, -0.2) is 4.98 Å². The van der Waals surface area contributed by atoms with E-state index in [0.29, 0.717) is 0 Å². The van der Waals surface area contributed by atoms with Crippen molar-refractivity contribution in [1.82, 2.24) is 4.98 Å². The minimum absolute atomic E-state index is 0.159. The maximum atomic E-state index is 5.86. The van der Waals surface area contributed by atoms with Gasteiger partial charge in [0.2, 0.25) is 0 Å². The summed E-state index contributed by atoms with van der Waals surface area (Å²) in [5, 5.41) is 1.16. The van der Waals surface area contributed by atoms with Gasteiger partial charge in [-0.05, 0) is 26.7 Å². The second kappa shape index (κ2) is 2.82. The Morgan fingerprint density at radius 3 is 2.75 bits per heavy atom. The molecule has 1 aromatic rings. The van der Waals surface area contributed by atoms with Gasteiger partial charge in [-0.3, -0.25) is 0 Å². The molecule has 0 saturated heterocycles. The lowest BCUT2D eigenvalue weighted by atomic mass is 10.2. The van der Waals surface area contributed by atoms with Crippen LogP contribution in [0, 0.1) is 6.92 Å². The fourth-order valence-electron chi connectivity index (χ4n) is 1.43. The first-order valence-electron chi connectivity index (χ1n) is 4.41. The first-order chi connectivity index (χ1) is 5.68. The van der Waals surface area contributed by atoms with Crippen LogP contribution in [0.15, 0.2) is 0 Å². The van der Waals surface area contributed by atoms with E-state index in [1.54, 1.807) is 11.3 Å². The molecule has 0 aliphatic heterocycles. The summed E-state index contributed by atoms with van der Waals surface area (Å²) < 4.78 is 0. The second-order valence-corrected chi connectivity index (χ2v) is 4.78. The minimum atomic E-state index is 0.159. The van der Waals surface area contributed by atoms with Crippen molar-refractivity contribution in [3.05, 3.63) is 15.6 Å². The third-order valence-electron chi connectivity index (χ3n) is 2.17. The van der Waals surface area contributed by atoms with E-state index in [4.69, 9.17) is 5.73 Å². The highest BCUT2D eigenvalue weighted by Crippen LogP contribution is 2.43. The van der Waals surface area contributed by atoms with Crippen LogP contribution < -0.4 is 5.73 Å². The van der Waals surface area contributed by atoms with Gasteiger partial charge in [-0.15, -0.1) is 11.3 Å². The highest BCUT2D eigenvalue weighted by Gasteiger charge is 2.29. The molecule has 0 radical (unpaired) electrons. The number of hydrogen-bond acceptors (Lipinski definition) is 3. The van der Waals surface area contributed by atoms with Gasteiger partial charge in [0, 0.05) is 16.8 Å². The number of hydrogen-bond donors (Lipinski definition) is 1. The number of nitrogens with two attached hydrogens (primary N) is 1. The molecule has 0 aromatic carbocycles. The average Bonchev–Trinajstić information content (AvgIpc) is 2.75. The molecule has 0 amide bonds. The predicted molar refractivity (Wildman–Crippen MR) is 51.4 cm³/mol. The maximum absolute atomic E-state index is 5.86. The highest BCUT2D eigenvalue weighted by atomic mass is 32.1. The quantitative estimate of drug-likeness (QED) is 0.762. The molecule has 1 atom stereocenters. The lowest BCUT2D eigenvalue weighted by molar-refractivity contribution is 0.810. The summed E-state index contributed by atoms with van der Waals surface area (Å²) in [6, 6.07) is 0.159. The SMILES string of the molecule is Cc1nc(C2CC2)c(C(C)N)s1. The van der Waals surface area contributed by atoms with Crippen molar-refractivity contribution < 1.29 is 0 Å².